The molecule has 0 saturated heterocycles. The lowest BCUT2D eigenvalue weighted by Crippen LogP contribution is -2.43. The first kappa shape index (κ1) is 35.9. The van der Waals surface area contributed by atoms with Gasteiger partial charge in [0.15, 0.2) is 5.76 Å². The predicted molar refractivity (Wildman–Crippen MR) is 192 cm³/mol. The van der Waals surface area contributed by atoms with Crippen LogP contribution >= 0.6 is 0 Å². The molecule has 0 aliphatic heterocycles. The van der Waals surface area contributed by atoms with Crippen LogP contribution < -0.4 is 21.1 Å². The summed E-state index contributed by atoms with van der Waals surface area (Å²) in [4.78, 5) is 54.5. The van der Waals surface area contributed by atoms with Crippen molar-refractivity contribution < 1.29 is 37.8 Å². The van der Waals surface area contributed by atoms with Gasteiger partial charge in [-0.15, -0.1) is 0 Å². The molecule has 1 heterocycles. The fourth-order valence-electron chi connectivity index (χ4n) is 5.13. The normalized spacial score (nSPS) is 11.8. The summed E-state index contributed by atoms with van der Waals surface area (Å²) in [5, 5.41) is 6.17. The lowest BCUT2D eigenvalue weighted by Gasteiger charge is -2.18. The highest BCUT2D eigenvalue weighted by atomic mass is 16.5. The smallest absolute Gasteiger partial charge is 0.435 e. The highest BCUT2D eigenvalue weighted by Gasteiger charge is 2.23. The van der Waals surface area contributed by atoms with E-state index in [2.05, 4.69) is 15.6 Å². The first-order chi connectivity index (χ1) is 24.7. The number of furan rings is 1. The Hall–Kier alpha value is -6.43. The number of hydrogen-bond donors (Lipinski definition) is 3. The minimum atomic E-state index is -0.881. The molecule has 5 aromatic rings. The van der Waals surface area contributed by atoms with Gasteiger partial charge in [0.25, 0.3) is 5.91 Å². The first-order valence-electron chi connectivity index (χ1n) is 16.3. The Labute approximate surface area is 294 Å². The zero-order chi connectivity index (χ0) is 36.2. The second-order valence-corrected chi connectivity index (χ2v) is 11.5. The van der Waals surface area contributed by atoms with Crippen molar-refractivity contribution in [1.29, 1.82) is 0 Å². The molecule has 0 saturated carbocycles. The number of anilines is 1. The zero-order valence-electron chi connectivity index (χ0n) is 28.2. The van der Waals surface area contributed by atoms with Crippen molar-refractivity contribution in [2.24, 2.45) is 10.7 Å². The molecule has 4 N–H and O–H groups in total. The van der Waals surface area contributed by atoms with E-state index in [4.69, 9.17) is 24.4 Å². The molecule has 0 unspecified atom stereocenters. The number of ether oxygens (including phenoxy) is 3. The highest BCUT2D eigenvalue weighted by molar-refractivity contribution is 6.07. The van der Waals surface area contributed by atoms with Gasteiger partial charge in [-0.05, 0) is 78.6 Å². The Kier molecular flexibility index (Phi) is 12.2. The summed E-state index contributed by atoms with van der Waals surface area (Å²) in [6, 6.07) is 29.1. The number of carbonyl (C=O) groups is 4. The number of benzene rings is 4. The number of nitrogens with zero attached hydrogens (tertiary/aromatic N) is 1. The van der Waals surface area contributed by atoms with Crippen LogP contribution in [0, 0.1) is 0 Å². The minimum Gasteiger partial charge on any atom is -0.497 e. The highest BCUT2D eigenvalue weighted by Crippen LogP contribution is 2.23. The molecule has 51 heavy (non-hydrogen) atoms. The van der Waals surface area contributed by atoms with Crippen molar-refractivity contribution >= 4 is 46.4 Å². The largest absolute Gasteiger partial charge is 0.497 e. The van der Waals surface area contributed by atoms with Crippen LogP contribution in [0.3, 0.4) is 0 Å². The third-order valence-corrected chi connectivity index (χ3v) is 7.81. The molecule has 0 aliphatic carbocycles. The Morgan fingerprint density at radius 2 is 1.57 bits per heavy atom. The van der Waals surface area contributed by atoms with E-state index in [-0.39, 0.29) is 43.6 Å². The van der Waals surface area contributed by atoms with Crippen molar-refractivity contribution in [3.63, 3.8) is 0 Å². The van der Waals surface area contributed by atoms with Crippen molar-refractivity contribution in [3.8, 4) is 5.75 Å². The first-order valence-corrected chi connectivity index (χ1v) is 16.3. The Bertz CT molecular complexity index is 2010. The maximum Gasteiger partial charge on any atom is 0.435 e. The van der Waals surface area contributed by atoms with Gasteiger partial charge in [0.2, 0.25) is 5.91 Å². The Balaban J connectivity index is 1.16. The molecule has 0 radical (unpaired) electrons. The molecule has 12 nitrogen and oxygen atoms in total. The number of aryl methyl sites for hydroxylation is 1. The molecular formula is C39H38N4O8. The van der Waals surface area contributed by atoms with E-state index < -0.39 is 24.0 Å². The average molecular weight is 691 g/mol. The number of aliphatic imine (C=N–C) groups is 1. The van der Waals surface area contributed by atoms with E-state index in [1.807, 2.05) is 54.6 Å². The SMILES string of the molecule is CCOC(=O)[C@H](Cc1ccc(NC(=O)c2cc3cc(C(N)=NC(=O)OCc4ccccc4)ccc3o2)cc1)NC(=O)CCc1ccc(OC)cc1. The zero-order valence-corrected chi connectivity index (χ0v) is 28.2. The van der Waals surface area contributed by atoms with E-state index >= 15 is 0 Å². The average Bonchev–Trinajstić information content (AvgIpc) is 3.58. The fraction of sp³-hybridized carbons (Fsp3) is 0.205. The van der Waals surface area contributed by atoms with E-state index in [9.17, 15) is 19.2 Å². The number of methoxy groups -OCH3 is 1. The van der Waals surface area contributed by atoms with Gasteiger partial charge >= 0.3 is 12.1 Å². The summed E-state index contributed by atoms with van der Waals surface area (Å²) in [5.74, 6) is -0.544. The number of nitrogens with two attached hydrogens (primary N) is 1. The lowest BCUT2D eigenvalue weighted by molar-refractivity contribution is -0.147. The minimum absolute atomic E-state index is 0.0411. The van der Waals surface area contributed by atoms with Crippen molar-refractivity contribution in [2.75, 3.05) is 19.0 Å². The molecule has 0 bridgehead atoms. The van der Waals surface area contributed by atoms with Gasteiger partial charge in [-0.1, -0.05) is 54.6 Å². The van der Waals surface area contributed by atoms with Crippen LogP contribution in [0.2, 0.25) is 0 Å². The van der Waals surface area contributed by atoms with Crippen LogP contribution in [-0.2, 0) is 38.5 Å². The molecule has 3 amide bonds. The number of esters is 1. The Morgan fingerprint density at radius 1 is 0.843 bits per heavy atom. The quantitative estimate of drug-likeness (QED) is 0.0723. The molecule has 1 aromatic heterocycles. The van der Waals surface area contributed by atoms with E-state index in [1.165, 1.54) is 0 Å². The number of fused-ring (bicyclic) bond motifs is 1. The second kappa shape index (κ2) is 17.3. The van der Waals surface area contributed by atoms with Gasteiger partial charge in [0.05, 0.1) is 13.7 Å². The van der Waals surface area contributed by atoms with Crippen molar-refractivity contribution in [2.45, 2.75) is 38.8 Å². The standard InChI is InChI=1S/C39H38N4O8/c1-3-49-38(46)32(42-35(44)20-13-25-11-17-31(48-2)18-12-25)21-26-9-15-30(16-10-26)41-37(45)34-23-29-22-28(14-19-33(29)51-34)36(40)43-39(47)50-24-27-7-5-4-6-8-27/h4-12,14-19,22-23,32H,3,13,20-21,24H2,1-2H3,(H,41,45)(H,42,44)(H2,40,43,47)/t32-/m0/s1. The maximum atomic E-state index is 13.0. The van der Waals surface area contributed by atoms with E-state index in [1.54, 1.807) is 62.6 Å². The molecule has 262 valence electrons. The van der Waals surface area contributed by atoms with Crippen molar-refractivity contribution in [3.05, 3.63) is 131 Å². The molecule has 0 fully saturated rings. The predicted octanol–water partition coefficient (Wildman–Crippen LogP) is 5.96. The van der Waals surface area contributed by atoms with Gasteiger partial charge < -0.3 is 35.0 Å². The van der Waals surface area contributed by atoms with E-state index in [0.29, 0.717) is 28.6 Å². The van der Waals surface area contributed by atoms with Gasteiger partial charge in [-0.25, -0.2) is 9.59 Å². The molecule has 0 aliphatic rings. The molecule has 1 atom stereocenters. The molecule has 5 rings (SSSR count). The summed E-state index contributed by atoms with van der Waals surface area (Å²) < 4.78 is 21.3. The number of carbonyl (C=O) groups excluding carboxylic acids is 4. The summed E-state index contributed by atoms with van der Waals surface area (Å²) in [6.45, 7) is 1.95. The Morgan fingerprint density at radius 3 is 2.27 bits per heavy atom. The second-order valence-electron chi connectivity index (χ2n) is 11.5. The van der Waals surface area contributed by atoms with Crippen LogP contribution in [-0.4, -0.2) is 49.5 Å². The number of nitrogens with one attached hydrogen (secondary N) is 2. The van der Waals surface area contributed by atoms with Crippen LogP contribution in [0.5, 0.6) is 5.75 Å². The van der Waals surface area contributed by atoms with Gasteiger partial charge in [0, 0.05) is 29.5 Å². The number of amides is 3. The van der Waals surface area contributed by atoms with Crippen LogP contribution in [0.4, 0.5) is 10.5 Å². The van der Waals surface area contributed by atoms with Crippen LogP contribution in [0.1, 0.15) is 46.2 Å². The third-order valence-electron chi connectivity index (χ3n) is 7.81. The topological polar surface area (TPSA) is 172 Å². The maximum absolute atomic E-state index is 13.0. The number of hydrogen-bond acceptors (Lipinski definition) is 8. The number of amidine groups is 1. The molecule has 4 aromatic carbocycles. The van der Waals surface area contributed by atoms with Crippen molar-refractivity contribution in [1.82, 2.24) is 5.32 Å². The fourth-order valence-corrected chi connectivity index (χ4v) is 5.13. The van der Waals surface area contributed by atoms with Gasteiger partial charge in [-0.2, -0.15) is 4.99 Å². The van der Waals surface area contributed by atoms with Gasteiger partial charge in [-0.3, -0.25) is 9.59 Å². The molecule has 0 spiro atoms. The van der Waals surface area contributed by atoms with E-state index in [0.717, 1.165) is 22.4 Å². The summed E-state index contributed by atoms with van der Waals surface area (Å²) in [5.41, 5.74) is 9.98. The monoisotopic (exact) mass is 690 g/mol. The van der Waals surface area contributed by atoms with Gasteiger partial charge in [0.1, 0.15) is 29.8 Å². The summed E-state index contributed by atoms with van der Waals surface area (Å²) in [7, 11) is 1.59. The lowest BCUT2D eigenvalue weighted by atomic mass is 10.0. The summed E-state index contributed by atoms with van der Waals surface area (Å²) >= 11 is 0. The van der Waals surface area contributed by atoms with Crippen LogP contribution in [0.15, 0.2) is 113 Å². The number of rotatable bonds is 14. The molecular weight excluding hydrogens is 652 g/mol. The van der Waals surface area contributed by atoms with Crippen LogP contribution in [0.25, 0.3) is 11.0 Å². The molecule has 12 heteroatoms. The third kappa shape index (κ3) is 10.3. The summed E-state index contributed by atoms with van der Waals surface area (Å²) in [6.07, 6.45) is 0.0723.